The van der Waals surface area contributed by atoms with Crippen molar-refractivity contribution in [1.29, 1.82) is 0 Å². The molecule has 0 bridgehead atoms. The third kappa shape index (κ3) is 3.27. The second kappa shape index (κ2) is 4.63. The number of dihydropyridines is 1. The molecule has 0 spiro atoms. The molecule has 12 heavy (non-hydrogen) atoms. The molecule has 1 radical (unpaired) electrons. The van der Waals surface area contributed by atoms with Gasteiger partial charge in [-0.05, 0) is 26.2 Å². The van der Waals surface area contributed by atoms with Crippen molar-refractivity contribution in [3.63, 3.8) is 0 Å². The summed E-state index contributed by atoms with van der Waals surface area (Å²) in [5.74, 6) is 6.13. The van der Waals surface area contributed by atoms with Crippen LogP contribution in [0.25, 0.3) is 0 Å². The SMILES string of the molecule is CN(C)CC#CC1=CCN[C]=C1. The highest BCUT2D eigenvalue weighted by molar-refractivity contribution is 5.38. The van der Waals surface area contributed by atoms with Crippen LogP contribution in [0.2, 0.25) is 0 Å². The van der Waals surface area contributed by atoms with Gasteiger partial charge in [-0.3, -0.25) is 4.90 Å². The topological polar surface area (TPSA) is 15.3 Å². The van der Waals surface area contributed by atoms with E-state index < -0.39 is 0 Å². The first-order valence-electron chi connectivity index (χ1n) is 3.94. The Morgan fingerprint density at radius 2 is 2.50 bits per heavy atom. The molecule has 1 rings (SSSR count). The lowest BCUT2D eigenvalue weighted by atomic mass is 10.2. The van der Waals surface area contributed by atoms with E-state index in [0.29, 0.717) is 0 Å². The molecular weight excluding hydrogens is 148 g/mol. The summed E-state index contributed by atoms with van der Waals surface area (Å²) in [5, 5.41) is 2.95. The van der Waals surface area contributed by atoms with Gasteiger partial charge in [-0.25, -0.2) is 0 Å². The number of hydrogen-bond acceptors (Lipinski definition) is 2. The van der Waals surface area contributed by atoms with Crippen LogP contribution in [0, 0.1) is 18.0 Å². The second-order valence-corrected chi connectivity index (χ2v) is 2.87. The van der Waals surface area contributed by atoms with Gasteiger partial charge in [0, 0.05) is 12.1 Å². The van der Waals surface area contributed by atoms with Crippen LogP contribution >= 0.6 is 0 Å². The van der Waals surface area contributed by atoms with Crippen molar-refractivity contribution in [3.05, 3.63) is 23.9 Å². The molecule has 0 aromatic heterocycles. The van der Waals surface area contributed by atoms with E-state index >= 15 is 0 Å². The summed E-state index contributed by atoms with van der Waals surface area (Å²) in [4.78, 5) is 2.04. The van der Waals surface area contributed by atoms with Gasteiger partial charge in [0.05, 0.1) is 12.7 Å². The smallest absolute Gasteiger partial charge is 0.0600 e. The summed E-state index contributed by atoms with van der Waals surface area (Å²) < 4.78 is 0. The van der Waals surface area contributed by atoms with Crippen molar-refractivity contribution < 1.29 is 0 Å². The normalized spacial score (nSPS) is 14.8. The molecule has 0 saturated carbocycles. The molecule has 1 heterocycles. The molecular formula is C10H13N2. The van der Waals surface area contributed by atoms with Gasteiger partial charge in [0.25, 0.3) is 0 Å². The molecule has 1 aliphatic heterocycles. The van der Waals surface area contributed by atoms with Crippen molar-refractivity contribution >= 4 is 0 Å². The summed E-state index contributed by atoms with van der Waals surface area (Å²) in [6, 6.07) is 0. The van der Waals surface area contributed by atoms with E-state index in [0.717, 1.165) is 18.7 Å². The Kier molecular flexibility index (Phi) is 3.43. The average molecular weight is 161 g/mol. The Morgan fingerprint density at radius 1 is 1.67 bits per heavy atom. The largest absolute Gasteiger partial charge is 0.380 e. The Balaban J connectivity index is 2.42. The predicted octanol–water partition coefficient (Wildman–Crippen LogP) is 0.398. The van der Waals surface area contributed by atoms with Crippen molar-refractivity contribution in [3.8, 4) is 11.8 Å². The standard InChI is InChI=1S/C10H13N2/c1-12(2)9-3-4-10-5-7-11-8-6-10/h5-6,11H,7,9H2,1-2H3. The highest BCUT2D eigenvalue weighted by atomic mass is 15.0. The maximum atomic E-state index is 3.06. The molecule has 0 aromatic carbocycles. The Bertz CT molecular complexity index is 251. The van der Waals surface area contributed by atoms with Gasteiger partial charge in [-0.2, -0.15) is 0 Å². The Labute approximate surface area is 73.9 Å². The zero-order valence-electron chi connectivity index (χ0n) is 7.52. The molecule has 2 heteroatoms. The first kappa shape index (κ1) is 8.89. The number of allylic oxidation sites excluding steroid dienone is 2. The van der Waals surface area contributed by atoms with Crippen LogP contribution in [0.4, 0.5) is 0 Å². The second-order valence-electron chi connectivity index (χ2n) is 2.87. The van der Waals surface area contributed by atoms with Gasteiger partial charge in [0.1, 0.15) is 0 Å². The predicted molar refractivity (Wildman–Crippen MR) is 50.2 cm³/mol. The fourth-order valence-corrected chi connectivity index (χ4v) is 0.794. The lowest BCUT2D eigenvalue weighted by Gasteiger charge is -2.02. The van der Waals surface area contributed by atoms with E-state index in [4.69, 9.17) is 0 Å². The maximum absolute atomic E-state index is 3.06. The summed E-state index contributed by atoms with van der Waals surface area (Å²) in [7, 11) is 4.01. The van der Waals surface area contributed by atoms with Crippen LogP contribution < -0.4 is 5.32 Å². The van der Waals surface area contributed by atoms with Crippen molar-refractivity contribution in [2.24, 2.45) is 0 Å². The molecule has 0 unspecified atom stereocenters. The van der Waals surface area contributed by atoms with Gasteiger partial charge in [0.15, 0.2) is 0 Å². The first-order chi connectivity index (χ1) is 5.79. The molecule has 0 saturated heterocycles. The fourth-order valence-electron chi connectivity index (χ4n) is 0.794. The minimum Gasteiger partial charge on any atom is -0.380 e. The Morgan fingerprint density at radius 3 is 3.08 bits per heavy atom. The molecule has 0 aromatic rings. The average Bonchev–Trinajstić information content (AvgIpc) is 2.05. The quantitative estimate of drug-likeness (QED) is 0.560. The van der Waals surface area contributed by atoms with E-state index in [2.05, 4.69) is 29.4 Å². The molecule has 0 fully saturated rings. The van der Waals surface area contributed by atoms with E-state index in [-0.39, 0.29) is 0 Å². The summed E-state index contributed by atoms with van der Waals surface area (Å²) >= 11 is 0. The fraction of sp³-hybridized carbons (Fsp3) is 0.400. The zero-order chi connectivity index (χ0) is 8.81. The number of nitrogens with one attached hydrogen (secondary N) is 1. The van der Waals surface area contributed by atoms with Gasteiger partial charge in [0.2, 0.25) is 0 Å². The van der Waals surface area contributed by atoms with Gasteiger partial charge >= 0.3 is 0 Å². The first-order valence-corrected chi connectivity index (χ1v) is 3.94. The summed E-state index contributed by atoms with van der Waals surface area (Å²) in [6.45, 7) is 1.64. The number of hydrogen-bond donors (Lipinski definition) is 1. The van der Waals surface area contributed by atoms with E-state index in [9.17, 15) is 0 Å². The highest BCUT2D eigenvalue weighted by Gasteiger charge is 1.90. The van der Waals surface area contributed by atoms with Gasteiger partial charge in [-0.15, -0.1) is 0 Å². The Hall–Kier alpha value is -1.20. The van der Waals surface area contributed by atoms with E-state index in [1.165, 1.54) is 0 Å². The third-order valence-electron chi connectivity index (χ3n) is 1.38. The van der Waals surface area contributed by atoms with Crippen LogP contribution in [0.15, 0.2) is 17.7 Å². The summed E-state index contributed by atoms with van der Waals surface area (Å²) in [6.07, 6.45) is 6.84. The molecule has 1 aliphatic rings. The zero-order valence-corrected chi connectivity index (χ0v) is 7.52. The molecule has 0 amide bonds. The molecule has 63 valence electrons. The maximum Gasteiger partial charge on any atom is 0.0600 e. The van der Waals surface area contributed by atoms with Gasteiger partial charge in [-0.1, -0.05) is 11.8 Å². The minimum absolute atomic E-state index is 0.804. The van der Waals surface area contributed by atoms with Gasteiger partial charge < -0.3 is 5.32 Å². The van der Waals surface area contributed by atoms with Crippen LogP contribution in [-0.4, -0.2) is 32.1 Å². The number of nitrogens with zero attached hydrogens (tertiary/aromatic N) is 1. The van der Waals surface area contributed by atoms with Crippen LogP contribution in [0.5, 0.6) is 0 Å². The molecule has 0 atom stereocenters. The van der Waals surface area contributed by atoms with Crippen LogP contribution in [0.1, 0.15) is 0 Å². The monoisotopic (exact) mass is 161 g/mol. The number of rotatable bonds is 1. The van der Waals surface area contributed by atoms with Crippen LogP contribution in [0.3, 0.4) is 0 Å². The molecule has 0 aliphatic carbocycles. The molecule has 1 N–H and O–H groups in total. The van der Waals surface area contributed by atoms with E-state index in [1.54, 1.807) is 0 Å². The lowest BCUT2D eigenvalue weighted by molar-refractivity contribution is 0.464. The van der Waals surface area contributed by atoms with E-state index in [1.807, 2.05) is 25.1 Å². The third-order valence-corrected chi connectivity index (χ3v) is 1.38. The lowest BCUT2D eigenvalue weighted by Crippen LogP contribution is -2.11. The van der Waals surface area contributed by atoms with Crippen molar-refractivity contribution in [1.82, 2.24) is 10.2 Å². The highest BCUT2D eigenvalue weighted by Crippen LogP contribution is 1.96. The summed E-state index contributed by atoms with van der Waals surface area (Å²) in [5.41, 5.74) is 1.05. The minimum atomic E-state index is 0.804. The van der Waals surface area contributed by atoms with Crippen molar-refractivity contribution in [2.45, 2.75) is 0 Å². The van der Waals surface area contributed by atoms with Crippen molar-refractivity contribution in [2.75, 3.05) is 27.2 Å². The molecule has 2 nitrogen and oxygen atoms in total. The van der Waals surface area contributed by atoms with Crippen LogP contribution in [-0.2, 0) is 0 Å².